The van der Waals surface area contributed by atoms with Gasteiger partial charge in [0.2, 0.25) is 0 Å². The maximum absolute atomic E-state index is 5.29. The molecule has 0 fully saturated rings. The third-order valence-corrected chi connectivity index (χ3v) is 4.56. The third-order valence-electron chi connectivity index (χ3n) is 3.32. The lowest BCUT2D eigenvalue weighted by Crippen LogP contribution is -1.89. The molecule has 20 heavy (non-hydrogen) atoms. The summed E-state index contributed by atoms with van der Waals surface area (Å²) >= 11 is 1.81. The van der Waals surface area contributed by atoms with Crippen LogP contribution >= 0.6 is 11.3 Å². The fraction of sp³-hybridized carbons (Fsp3) is 0.188. The molecule has 4 heteroatoms. The van der Waals surface area contributed by atoms with Crippen LogP contribution < -0.4 is 4.74 Å². The van der Waals surface area contributed by atoms with Gasteiger partial charge in [0, 0.05) is 28.5 Å². The molecule has 3 rings (SSSR count). The zero-order chi connectivity index (χ0) is 13.9. The van der Waals surface area contributed by atoms with Crippen molar-refractivity contribution < 1.29 is 4.74 Å². The molecule has 3 aromatic rings. The second-order valence-electron chi connectivity index (χ2n) is 4.62. The molecule has 0 aliphatic rings. The normalized spacial score (nSPS) is 11.5. The number of hydrogen-bond donors (Lipinski definition) is 0. The Kier molecular flexibility index (Phi) is 3.56. The zero-order valence-electron chi connectivity index (χ0n) is 11.5. The fourth-order valence-corrected chi connectivity index (χ4v) is 3.30. The Morgan fingerprint density at radius 3 is 3.05 bits per heavy atom. The van der Waals surface area contributed by atoms with Crippen LogP contribution in [-0.4, -0.2) is 16.7 Å². The minimum atomic E-state index is 0.844. The first-order chi connectivity index (χ1) is 9.78. The molecule has 3 nitrogen and oxygen atoms in total. The van der Waals surface area contributed by atoms with Crippen molar-refractivity contribution in [1.29, 1.82) is 0 Å². The topological polar surface area (TPSA) is 27.1 Å². The molecule has 1 aromatic carbocycles. The third kappa shape index (κ3) is 2.47. The van der Waals surface area contributed by atoms with Gasteiger partial charge < -0.3 is 9.30 Å². The van der Waals surface area contributed by atoms with Crippen LogP contribution in [0.15, 0.2) is 43.0 Å². The lowest BCUT2D eigenvalue weighted by molar-refractivity contribution is 0.415. The van der Waals surface area contributed by atoms with Crippen LogP contribution in [0.4, 0.5) is 0 Å². The molecule has 0 saturated heterocycles. The van der Waals surface area contributed by atoms with Crippen LogP contribution in [0.2, 0.25) is 0 Å². The first-order valence-electron chi connectivity index (χ1n) is 6.47. The SMILES string of the molecule is COc1ccc2sc(C=CCn3ccnc3)c(C)c2c1. The number of aryl methyl sites for hydroxylation is 1. The van der Waals surface area contributed by atoms with Gasteiger partial charge in [0.15, 0.2) is 0 Å². The summed E-state index contributed by atoms with van der Waals surface area (Å²) in [5, 5.41) is 1.27. The maximum Gasteiger partial charge on any atom is 0.119 e. The number of ether oxygens (including phenoxy) is 1. The summed E-state index contributed by atoms with van der Waals surface area (Å²) in [5.41, 5.74) is 1.31. The molecule has 0 spiro atoms. The number of imidazole rings is 1. The average Bonchev–Trinajstić information content (AvgIpc) is 3.08. The van der Waals surface area contributed by atoms with Gasteiger partial charge in [-0.05, 0) is 42.1 Å². The molecule has 0 radical (unpaired) electrons. The Hall–Kier alpha value is -2.07. The molecule has 102 valence electrons. The van der Waals surface area contributed by atoms with Crippen LogP contribution in [-0.2, 0) is 6.54 Å². The van der Waals surface area contributed by atoms with E-state index in [0.717, 1.165) is 12.3 Å². The van der Waals surface area contributed by atoms with Crippen LogP contribution in [0.5, 0.6) is 5.75 Å². The predicted molar refractivity (Wildman–Crippen MR) is 84.4 cm³/mol. The van der Waals surface area contributed by atoms with Gasteiger partial charge >= 0.3 is 0 Å². The van der Waals surface area contributed by atoms with Gasteiger partial charge in [-0.3, -0.25) is 0 Å². The Morgan fingerprint density at radius 1 is 1.40 bits per heavy atom. The number of aromatic nitrogens is 2. The van der Waals surface area contributed by atoms with E-state index < -0.39 is 0 Å². The Labute approximate surface area is 122 Å². The molecule has 0 amide bonds. The minimum absolute atomic E-state index is 0.844. The first-order valence-corrected chi connectivity index (χ1v) is 7.29. The smallest absolute Gasteiger partial charge is 0.119 e. The van der Waals surface area contributed by atoms with Gasteiger partial charge in [0.1, 0.15) is 5.75 Å². The van der Waals surface area contributed by atoms with Crippen LogP contribution in [0.3, 0.4) is 0 Å². The van der Waals surface area contributed by atoms with E-state index in [1.807, 2.05) is 34.5 Å². The lowest BCUT2D eigenvalue weighted by Gasteiger charge is -1.99. The number of methoxy groups -OCH3 is 1. The summed E-state index contributed by atoms with van der Waals surface area (Å²) in [5.74, 6) is 0.910. The van der Waals surface area contributed by atoms with Crippen molar-refractivity contribution >= 4 is 27.5 Å². The van der Waals surface area contributed by atoms with E-state index in [1.165, 1.54) is 20.5 Å². The van der Waals surface area contributed by atoms with Crippen molar-refractivity contribution in [2.75, 3.05) is 7.11 Å². The number of thiophene rings is 1. The van der Waals surface area contributed by atoms with Crippen LogP contribution in [0.25, 0.3) is 16.2 Å². The zero-order valence-corrected chi connectivity index (χ0v) is 12.4. The Morgan fingerprint density at radius 2 is 2.30 bits per heavy atom. The molecule has 0 bridgehead atoms. The van der Waals surface area contributed by atoms with Crippen molar-refractivity contribution in [3.63, 3.8) is 0 Å². The number of nitrogens with zero attached hydrogens (tertiary/aromatic N) is 2. The maximum atomic E-state index is 5.29. The molecule has 0 aliphatic heterocycles. The summed E-state index contributed by atoms with van der Waals surface area (Å²) in [6.45, 7) is 3.01. The Balaban J connectivity index is 1.88. The number of rotatable bonds is 4. The van der Waals surface area contributed by atoms with Crippen molar-refractivity contribution in [1.82, 2.24) is 9.55 Å². The lowest BCUT2D eigenvalue weighted by atomic mass is 10.1. The quantitative estimate of drug-likeness (QED) is 0.720. The van der Waals surface area contributed by atoms with Crippen molar-refractivity contribution in [3.8, 4) is 5.75 Å². The van der Waals surface area contributed by atoms with E-state index in [2.05, 4.69) is 36.2 Å². The van der Waals surface area contributed by atoms with Gasteiger partial charge in [-0.25, -0.2) is 4.98 Å². The van der Waals surface area contributed by atoms with Gasteiger partial charge in [-0.15, -0.1) is 11.3 Å². The molecular formula is C16H16N2OS. The molecule has 2 aromatic heterocycles. The molecule has 0 unspecified atom stereocenters. The summed E-state index contributed by atoms with van der Waals surface area (Å²) in [7, 11) is 1.70. The largest absolute Gasteiger partial charge is 0.497 e. The van der Waals surface area contributed by atoms with Gasteiger partial charge in [0.05, 0.1) is 13.4 Å². The standard InChI is InChI=1S/C16H16N2OS/c1-12-14-10-13(19-2)5-6-16(14)20-15(12)4-3-8-18-9-7-17-11-18/h3-7,9-11H,8H2,1-2H3. The van der Waals surface area contributed by atoms with Crippen LogP contribution in [0, 0.1) is 6.92 Å². The van der Waals surface area contributed by atoms with E-state index in [1.54, 1.807) is 13.3 Å². The summed E-state index contributed by atoms with van der Waals surface area (Å²) < 4.78 is 8.63. The highest BCUT2D eigenvalue weighted by Crippen LogP contribution is 2.34. The highest BCUT2D eigenvalue weighted by molar-refractivity contribution is 7.20. The van der Waals surface area contributed by atoms with Crippen molar-refractivity contribution in [2.24, 2.45) is 0 Å². The van der Waals surface area contributed by atoms with Gasteiger partial charge in [-0.1, -0.05) is 6.08 Å². The predicted octanol–water partition coefficient (Wildman–Crippen LogP) is 4.13. The molecule has 0 N–H and O–H groups in total. The highest BCUT2D eigenvalue weighted by Gasteiger charge is 2.07. The molecule has 0 saturated carbocycles. The molecule has 0 atom stereocenters. The molecule has 0 aliphatic carbocycles. The summed E-state index contributed by atoms with van der Waals surface area (Å²) in [4.78, 5) is 5.34. The number of benzene rings is 1. The number of fused-ring (bicyclic) bond motifs is 1. The van der Waals surface area contributed by atoms with E-state index in [0.29, 0.717) is 0 Å². The molecule has 2 heterocycles. The number of allylic oxidation sites excluding steroid dienone is 1. The Bertz CT molecular complexity index is 741. The summed E-state index contributed by atoms with van der Waals surface area (Å²) in [6, 6.07) is 6.24. The monoisotopic (exact) mass is 284 g/mol. The van der Waals surface area contributed by atoms with E-state index >= 15 is 0 Å². The fourth-order valence-electron chi connectivity index (χ4n) is 2.18. The minimum Gasteiger partial charge on any atom is -0.497 e. The molecular weight excluding hydrogens is 268 g/mol. The van der Waals surface area contributed by atoms with Gasteiger partial charge in [0.25, 0.3) is 0 Å². The van der Waals surface area contributed by atoms with Crippen LogP contribution in [0.1, 0.15) is 10.4 Å². The van der Waals surface area contributed by atoms with E-state index in [-0.39, 0.29) is 0 Å². The number of hydrogen-bond acceptors (Lipinski definition) is 3. The first kappa shape index (κ1) is 12.9. The van der Waals surface area contributed by atoms with Gasteiger partial charge in [-0.2, -0.15) is 0 Å². The van der Waals surface area contributed by atoms with Crippen molar-refractivity contribution in [3.05, 3.63) is 53.4 Å². The second kappa shape index (κ2) is 5.51. The summed E-state index contributed by atoms with van der Waals surface area (Å²) in [6.07, 6.45) is 9.94. The van der Waals surface area contributed by atoms with E-state index in [9.17, 15) is 0 Å². The average molecular weight is 284 g/mol. The van der Waals surface area contributed by atoms with Crippen molar-refractivity contribution in [2.45, 2.75) is 13.5 Å². The highest BCUT2D eigenvalue weighted by atomic mass is 32.1. The second-order valence-corrected chi connectivity index (χ2v) is 5.70. The van der Waals surface area contributed by atoms with E-state index in [4.69, 9.17) is 4.74 Å².